The zero-order valence-electron chi connectivity index (χ0n) is 18.9. The van der Waals surface area contributed by atoms with E-state index in [1.807, 2.05) is 0 Å². The van der Waals surface area contributed by atoms with Gasteiger partial charge in [0.05, 0.1) is 12.6 Å². The Morgan fingerprint density at radius 3 is 2.69 bits per heavy atom. The second-order valence-electron chi connectivity index (χ2n) is 9.46. The minimum absolute atomic E-state index is 0.00319. The first-order valence-corrected chi connectivity index (χ1v) is 11.0. The van der Waals surface area contributed by atoms with E-state index in [4.69, 9.17) is 20.9 Å². The summed E-state index contributed by atoms with van der Waals surface area (Å²) in [6.45, 7) is 5.72. The van der Waals surface area contributed by atoms with E-state index < -0.39 is 35.2 Å². The molecule has 32 heavy (non-hydrogen) atoms. The normalized spacial score (nSPS) is 21.9. The molecular formula is C23H32FN3O5. The van der Waals surface area contributed by atoms with E-state index in [0.29, 0.717) is 18.6 Å². The fraction of sp³-hybridized carbons (Fsp3) is 0.609. The number of halogens is 1. The van der Waals surface area contributed by atoms with Crippen LogP contribution in [0.1, 0.15) is 67.9 Å². The van der Waals surface area contributed by atoms with E-state index in [1.54, 1.807) is 32.9 Å². The van der Waals surface area contributed by atoms with Crippen LogP contribution in [-0.4, -0.2) is 53.1 Å². The monoisotopic (exact) mass is 449 g/mol. The molecule has 0 saturated carbocycles. The van der Waals surface area contributed by atoms with Gasteiger partial charge in [-0.3, -0.25) is 14.4 Å². The van der Waals surface area contributed by atoms with Crippen LogP contribution in [0.5, 0.6) is 0 Å². The third kappa shape index (κ3) is 5.45. The lowest BCUT2D eigenvalue weighted by atomic mass is 9.95. The molecule has 1 fully saturated rings. The highest BCUT2D eigenvalue weighted by Gasteiger charge is 2.38. The zero-order valence-corrected chi connectivity index (χ0v) is 18.9. The van der Waals surface area contributed by atoms with E-state index >= 15 is 4.39 Å². The summed E-state index contributed by atoms with van der Waals surface area (Å²) in [5.41, 5.74) is 11.8. The Labute approximate surface area is 187 Å². The number of carbonyl (C=O) groups is 3. The molecule has 2 amide bonds. The van der Waals surface area contributed by atoms with E-state index in [1.165, 1.54) is 4.90 Å². The van der Waals surface area contributed by atoms with Gasteiger partial charge in [0.1, 0.15) is 17.5 Å². The number of rotatable bonds is 7. The highest BCUT2D eigenvalue weighted by atomic mass is 19.1. The molecule has 1 aromatic rings. The maximum absolute atomic E-state index is 15.3. The van der Waals surface area contributed by atoms with Crippen LogP contribution in [0, 0.1) is 5.82 Å². The van der Waals surface area contributed by atoms with Gasteiger partial charge in [-0.1, -0.05) is 6.07 Å². The molecule has 0 bridgehead atoms. The lowest BCUT2D eigenvalue weighted by Gasteiger charge is -2.29. The summed E-state index contributed by atoms with van der Waals surface area (Å²) in [6.07, 6.45) is 1.65. The van der Waals surface area contributed by atoms with Crippen LogP contribution in [0.3, 0.4) is 0 Å². The van der Waals surface area contributed by atoms with Crippen molar-refractivity contribution in [3.05, 3.63) is 34.6 Å². The Morgan fingerprint density at radius 1 is 1.34 bits per heavy atom. The lowest BCUT2D eigenvalue weighted by molar-refractivity contribution is -0.155. The summed E-state index contributed by atoms with van der Waals surface area (Å²) < 4.78 is 26.3. The van der Waals surface area contributed by atoms with Gasteiger partial charge in [0.2, 0.25) is 5.91 Å². The van der Waals surface area contributed by atoms with Crippen molar-refractivity contribution in [2.75, 3.05) is 6.61 Å². The zero-order chi connectivity index (χ0) is 23.6. The van der Waals surface area contributed by atoms with Crippen LogP contribution in [0.25, 0.3) is 0 Å². The van der Waals surface area contributed by atoms with Crippen LogP contribution in [0.2, 0.25) is 0 Å². The molecule has 0 aromatic heterocycles. The summed E-state index contributed by atoms with van der Waals surface area (Å²) in [5.74, 6) is -2.22. The van der Waals surface area contributed by atoms with Gasteiger partial charge in [0.25, 0.3) is 5.91 Å². The first kappa shape index (κ1) is 24.1. The van der Waals surface area contributed by atoms with E-state index in [9.17, 15) is 14.4 Å². The maximum atomic E-state index is 15.3. The maximum Gasteiger partial charge on any atom is 0.306 e. The standard InChI is InChI=1S/C23H32FN3O5/c1-23(2,3)32-19(28)9-8-17(21(26)29)27-12-15-14(22(27)30)7-6-13(20(15)24)11-18-16(25)5-4-10-31-18/h6-7,16-18H,4-5,8-12,25H2,1-3H3,(H2,26,29)/t16-,17-,18+/m0/s1. The van der Waals surface area contributed by atoms with Gasteiger partial charge in [0.15, 0.2) is 0 Å². The van der Waals surface area contributed by atoms with Crippen LogP contribution in [-0.2, 0) is 32.0 Å². The number of ether oxygens (including phenoxy) is 2. The number of hydrogen-bond acceptors (Lipinski definition) is 6. The minimum Gasteiger partial charge on any atom is -0.460 e. The van der Waals surface area contributed by atoms with E-state index in [0.717, 1.165) is 12.8 Å². The van der Waals surface area contributed by atoms with Crippen molar-refractivity contribution >= 4 is 17.8 Å². The first-order valence-electron chi connectivity index (χ1n) is 11.0. The predicted octanol–water partition coefficient (Wildman–Crippen LogP) is 1.81. The molecule has 3 atom stereocenters. The van der Waals surface area contributed by atoms with Gasteiger partial charge >= 0.3 is 5.97 Å². The Bertz CT molecular complexity index is 898. The van der Waals surface area contributed by atoms with Gasteiger partial charge in [-0.25, -0.2) is 4.39 Å². The van der Waals surface area contributed by atoms with Crippen molar-refractivity contribution in [3.63, 3.8) is 0 Å². The second-order valence-corrected chi connectivity index (χ2v) is 9.46. The van der Waals surface area contributed by atoms with Crippen molar-refractivity contribution < 1.29 is 28.2 Å². The molecule has 0 aliphatic carbocycles. The molecule has 9 heteroatoms. The van der Waals surface area contributed by atoms with Crippen LogP contribution in [0.4, 0.5) is 4.39 Å². The molecule has 0 spiro atoms. The van der Waals surface area contributed by atoms with Gasteiger partial charge < -0.3 is 25.8 Å². The second kappa shape index (κ2) is 9.54. The van der Waals surface area contributed by atoms with Gasteiger partial charge in [0, 0.05) is 36.6 Å². The fourth-order valence-corrected chi connectivity index (χ4v) is 4.22. The molecule has 1 aromatic carbocycles. The Morgan fingerprint density at radius 2 is 2.06 bits per heavy atom. The summed E-state index contributed by atoms with van der Waals surface area (Å²) in [7, 11) is 0. The van der Waals surface area contributed by atoms with Crippen LogP contribution < -0.4 is 11.5 Å². The molecule has 1 saturated heterocycles. The van der Waals surface area contributed by atoms with Crippen molar-refractivity contribution in [2.24, 2.45) is 11.5 Å². The number of esters is 1. The average molecular weight is 450 g/mol. The molecule has 0 unspecified atom stereocenters. The number of amides is 2. The number of primary amides is 1. The summed E-state index contributed by atoms with van der Waals surface area (Å²) in [6, 6.07) is 1.93. The molecule has 2 heterocycles. The number of nitrogens with zero attached hydrogens (tertiary/aromatic N) is 1. The van der Waals surface area contributed by atoms with Crippen LogP contribution in [0.15, 0.2) is 12.1 Å². The van der Waals surface area contributed by atoms with Crippen molar-refractivity contribution in [2.45, 2.75) is 83.2 Å². The Hall–Kier alpha value is -2.52. The molecular weight excluding hydrogens is 417 g/mol. The molecule has 0 radical (unpaired) electrons. The molecule has 2 aliphatic heterocycles. The molecule has 176 valence electrons. The highest BCUT2D eigenvalue weighted by molar-refractivity contribution is 6.01. The molecule has 8 nitrogen and oxygen atoms in total. The minimum atomic E-state index is -1.04. The van der Waals surface area contributed by atoms with Crippen molar-refractivity contribution in [3.8, 4) is 0 Å². The third-order valence-electron chi connectivity index (χ3n) is 5.80. The van der Waals surface area contributed by atoms with Crippen molar-refractivity contribution in [1.29, 1.82) is 0 Å². The number of benzene rings is 1. The highest BCUT2D eigenvalue weighted by Crippen LogP contribution is 2.31. The number of nitrogens with two attached hydrogens (primary N) is 2. The summed E-state index contributed by atoms with van der Waals surface area (Å²) in [5, 5.41) is 0. The fourth-order valence-electron chi connectivity index (χ4n) is 4.22. The molecule has 4 N–H and O–H groups in total. The van der Waals surface area contributed by atoms with Gasteiger partial charge in [-0.05, 0) is 51.7 Å². The number of carbonyl (C=O) groups excluding carboxylic acids is 3. The topological polar surface area (TPSA) is 125 Å². The quantitative estimate of drug-likeness (QED) is 0.612. The third-order valence-corrected chi connectivity index (χ3v) is 5.80. The van der Waals surface area contributed by atoms with E-state index in [2.05, 4.69) is 0 Å². The van der Waals surface area contributed by atoms with Crippen molar-refractivity contribution in [1.82, 2.24) is 4.90 Å². The van der Waals surface area contributed by atoms with Crippen LogP contribution >= 0.6 is 0 Å². The lowest BCUT2D eigenvalue weighted by Crippen LogP contribution is -2.45. The van der Waals surface area contributed by atoms with Gasteiger partial charge in [-0.2, -0.15) is 0 Å². The predicted molar refractivity (Wildman–Crippen MR) is 115 cm³/mol. The molecule has 2 aliphatic rings. The Balaban J connectivity index is 1.74. The summed E-state index contributed by atoms with van der Waals surface area (Å²) >= 11 is 0. The Kier molecular flexibility index (Phi) is 7.19. The smallest absolute Gasteiger partial charge is 0.306 e. The van der Waals surface area contributed by atoms with E-state index in [-0.39, 0.29) is 42.7 Å². The largest absolute Gasteiger partial charge is 0.460 e. The average Bonchev–Trinajstić information content (AvgIpc) is 3.01. The first-order chi connectivity index (χ1) is 15.0. The van der Waals surface area contributed by atoms with Gasteiger partial charge in [-0.15, -0.1) is 0 Å². The number of fused-ring (bicyclic) bond motifs is 1. The SMILES string of the molecule is CC(C)(C)OC(=O)CC[C@@H](C(N)=O)N1Cc2c(ccc(C[C@H]3OCCC[C@@H]3N)c2F)C1=O. The number of hydrogen-bond donors (Lipinski definition) is 2. The molecule has 3 rings (SSSR count). The summed E-state index contributed by atoms with van der Waals surface area (Å²) in [4.78, 5) is 38.3.